The number of carbonyl (C=O) groups excluding carboxylic acids is 3. The van der Waals surface area contributed by atoms with Crippen LogP contribution >= 0.6 is 0 Å². The normalized spacial score (nSPS) is 18.3. The van der Waals surface area contributed by atoms with Gasteiger partial charge in [-0.1, -0.05) is 48.0 Å². The van der Waals surface area contributed by atoms with Gasteiger partial charge in [0.2, 0.25) is 5.54 Å². The molecule has 1 fully saturated rings. The van der Waals surface area contributed by atoms with Crippen molar-refractivity contribution in [3.63, 3.8) is 0 Å². The summed E-state index contributed by atoms with van der Waals surface area (Å²) in [6.45, 7) is 1.93. The highest BCUT2D eigenvalue weighted by Gasteiger charge is 2.63. The van der Waals surface area contributed by atoms with Crippen molar-refractivity contribution < 1.29 is 23.9 Å². The van der Waals surface area contributed by atoms with Crippen LogP contribution in [0.25, 0.3) is 0 Å². The fourth-order valence-corrected chi connectivity index (χ4v) is 3.61. The maximum absolute atomic E-state index is 13.0. The molecule has 1 heterocycles. The Morgan fingerprint density at radius 3 is 2.04 bits per heavy atom. The van der Waals surface area contributed by atoms with E-state index in [0.717, 1.165) is 5.56 Å². The number of methoxy groups -OCH3 is 2. The molecule has 1 aliphatic rings. The second-order valence-corrected chi connectivity index (χ2v) is 6.51. The standard InChI is InChI=1S/C21H21NO5/c1-14-9-11-16(12-10-14)22-18(15-7-5-4-6-8-15)17(23)13-21(22,19(24)26-2)20(25)27-3/h4-12,18H,13H2,1-3H3. The minimum absolute atomic E-state index is 0.252. The number of ketones is 1. The number of esters is 2. The number of hydrogen-bond donors (Lipinski definition) is 0. The number of Topliss-reactive ketones (excluding diaryl/α,β-unsaturated/α-hetero) is 1. The molecule has 27 heavy (non-hydrogen) atoms. The van der Waals surface area contributed by atoms with Gasteiger partial charge in [-0.15, -0.1) is 0 Å². The van der Waals surface area contributed by atoms with Gasteiger partial charge >= 0.3 is 11.9 Å². The molecule has 0 spiro atoms. The first kappa shape index (κ1) is 18.6. The van der Waals surface area contributed by atoms with Crippen molar-refractivity contribution >= 4 is 23.4 Å². The minimum Gasteiger partial charge on any atom is -0.467 e. The van der Waals surface area contributed by atoms with E-state index in [0.29, 0.717) is 11.3 Å². The molecule has 1 atom stereocenters. The third-order valence-corrected chi connectivity index (χ3v) is 4.88. The van der Waals surface area contributed by atoms with Gasteiger partial charge in [-0.2, -0.15) is 0 Å². The highest BCUT2D eigenvalue weighted by atomic mass is 16.5. The van der Waals surface area contributed by atoms with Gasteiger partial charge in [-0.25, -0.2) is 9.59 Å². The molecule has 1 aliphatic heterocycles. The Hall–Kier alpha value is -3.15. The highest BCUT2D eigenvalue weighted by Crippen LogP contribution is 2.45. The van der Waals surface area contributed by atoms with E-state index in [9.17, 15) is 14.4 Å². The van der Waals surface area contributed by atoms with Crippen molar-refractivity contribution in [3.05, 3.63) is 65.7 Å². The summed E-state index contributed by atoms with van der Waals surface area (Å²) < 4.78 is 9.87. The number of aryl methyl sites for hydroxylation is 1. The lowest BCUT2D eigenvalue weighted by atomic mass is 9.95. The Morgan fingerprint density at radius 2 is 1.52 bits per heavy atom. The van der Waals surface area contributed by atoms with Gasteiger partial charge in [-0.3, -0.25) is 4.79 Å². The van der Waals surface area contributed by atoms with Crippen LogP contribution in [0.15, 0.2) is 54.6 Å². The molecule has 140 valence electrons. The first-order valence-electron chi connectivity index (χ1n) is 8.56. The van der Waals surface area contributed by atoms with Crippen LogP contribution < -0.4 is 4.90 Å². The van der Waals surface area contributed by atoms with E-state index in [-0.39, 0.29) is 12.2 Å². The quantitative estimate of drug-likeness (QED) is 0.611. The predicted octanol–water partition coefficient (Wildman–Crippen LogP) is 2.60. The van der Waals surface area contributed by atoms with Crippen molar-refractivity contribution in [1.29, 1.82) is 0 Å². The van der Waals surface area contributed by atoms with E-state index >= 15 is 0 Å². The zero-order valence-electron chi connectivity index (χ0n) is 15.5. The van der Waals surface area contributed by atoms with Crippen LogP contribution in [0.4, 0.5) is 5.69 Å². The average Bonchev–Trinajstić information content (AvgIpc) is 3.02. The summed E-state index contributed by atoms with van der Waals surface area (Å²) in [5.74, 6) is -1.89. The molecule has 2 aromatic carbocycles. The Balaban J connectivity index is 2.26. The Morgan fingerprint density at radius 1 is 0.963 bits per heavy atom. The highest BCUT2D eigenvalue weighted by molar-refractivity contribution is 6.16. The van der Waals surface area contributed by atoms with Crippen molar-refractivity contribution in [2.45, 2.75) is 24.9 Å². The summed E-state index contributed by atoms with van der Waals surface area (Å²) in [6.07, 6.45) is -0.320. The second kappa shape index (κ2) is 7.23. The topological polar surface area (TPSA) is 72.9 Å². The van der Waals surface area contributed by atoms with Crippen LogP contribution in [0.5, 0.6) is 0 Å². The Kier molecular flexibility index (Phi) is 4.99. The Labute approximate surface area is 157 Å². The van der Waals surface area contributed by atoms with Gasteiger partial charge in [0, 0.05) is 5.69 Å². The molecule has 0 amide bonds. The molecule has 0 saturated carbocycles. The van der Waals surface area contributed by atoms with E-state index < -0.39 is 23.5 Å². The summed E-state index contributed by atoms with van der Waals surface area (Å²) in [6, 6.07) is 15.6. The molecule has 6 nitrogen and oxygen atoms in total. The summed E-state index contributed by atoms with van der Waals surface area (Å²) in [7, 11) is 2.39. The van der Waals surface area contributed by atoms with Crippen molar-refractivity contribution in [3.8, 4) is 0 Å². The largest absolute Gasteiger partial charge is 0.467 e. The van der Waals surface area contributed by atoms with Crippen molar-refractivity contribution in [1.82, 2.24) is 0 Å². The van der Waals surface area contributed by atoms with Crippen LogP contribution in [0.2, 0.25) is 0 Å². The van der Waals surface area contributed by atoms with E-state index in [1.807, 2.05) is 37.3 Å². The van der Waals surface area contributed by atoms with Gasteiger partial charge in [0.05, 0.1) is 20.6 Å². The van der Waals surface area contributed by atoms with Crippen LogP contribution in [-0.2, 0) is 23.9 Å². The van der Waals surface area contributed by atoms with Gasteiger partial charge in [0.1, 0.15) is 6.04 Å². The third kappa shape index (κ3) is 2.97. The summed E-state index contributed by atoms with van der Waals surface area (Å²) in [5, 5.41) is 0. The van der Waals surface area contributed by atoms with Crippen LogP contribution in [0.1, 0.15) is 23.6 Å². The number of hydrogen-bond acceptors (Lipinski definition) is 6. The molecule has 1 saturated heterocycles. The zero-order chi connectivity index (χ0) is 19.6. The zero-order valence-corrected chi connectivity index (χ0v) is 15.5. The molecule has 6 heteroatoms. The number of benzene rings is 2. The molecular weight excluding hydrogens is 346 g/mol. The van der Waals surface area contributed by atoms with Crippen LogP contribution in [0, 0.1) is 6.92 Å². The summed E-state index contributed by atoms with van der Waals surface area (Å²) in [4.78, 5) is 40.1. The third-order valence-electron chi connectivity index (χ3n) is 4.88. The SMILES string of the molecule is COC(=O)C1(C(=O)OC)CC(=O)C(c2ccccc2)N1c1ccc(C)cc1. The van der Waals surface area contributed by atoms with Gasteiger partial charge < -0.3 is 14.4 Å². The molecule has 0 aromatic heterocycles. The maximum Gasteiger partial charge on any atom is 0.344 e. The minimum atomic E-state index is -1.86. The first-order chi connectivity index (χ1) is 13.0. The van der Waals surface area contributed by atoms with Gasteiger partial charge in [0.25, 0.3) is 0 Å². The number of carbonyl (C=O) groups is 3. The monoisotopic (exact) mass is 367 g/mol. The van der Waals surface area contributed by atoms with Gasteiger partial charge in [-0.05, 0) is 24.6 Å². The van der Waals surface area contributed by atoms with Crippen LogP contribution in [0.3, 0.4) is 0 Å². The number of anilines is 1. The van der Waals surface area contributed by atoms with Crippen molar-refractivity contribution in [2.75, 3.05) is 19.1 Å². The predicted molar refractivity (Wildman–Crippen MR) is 99.2 cm³/mol. The van der Waals surface area contributed by atoms with Crippen molar-refractivity contribution in [2.24, 2.45) is 0 Å². The van der Waals surface area contributed by atoms with E-state index in [1.54, 1.807) is 24.3 Å². The molecule has 1 unspecified atom stereocenters. The molecular formula is C21H21NO5. The maximum atomic E-state index is 13.0. The van der Waals surface area contributed by atoms with Crippen LogP contribution in [-0.4, -0.2) is 37.5 Å². The smallest absolute Gasteiger partial charge is 0.344 e. The number of rotatable bonds is 4. The fraction of sp³-hybridized carbons (Fsp3) is 0.286. The Bertz CT molecular complexity index is 844. The van der Waals surface area contributed by atoms with E-state index in [4.69, 9.17) is 9.47 Å². The second-order valence-electron chi connectivity index (χ2n) is 6.51. The first-order valence-corrected chi connectivity index (χ1v) is 8.56. The molecule has 0 N–H and O–H groups in total. The number of ether oxygens (including phenoxy) is 2. The summed E-state index contributed by atoms with van der Waals surface area (Å²) >= 11 is 0. The molecule has 0 aliphatic carbocycles. The molecule has 0 radical (unpaired) electrons. The van der Waals surface area contributed by atoms with E-state index in [1.165, 1.54) is 19.1 Å². The lowest BCUT2D eigenvalue weighted by Gasteiger charge is -2.37. The summed E-state index contributed by atoms with van der Waals surface area (Å²) in [5.41, 5.74) is 0.409. The average molecular weight is 367 g/mol. The fourth-order valence-electron chi connectivity index (χ4n) is 3.61. The van der Waals surface area contributed by atoms with E-state index in [2.05, 4.69) is 0 Å². The lowest BCUT2D eigenvalue weighted by Crippen LogP contribution is -2.58. The molecule has 2 aromatic rings. The molecule has 3 rings (SSSR count). The molecule has 0 bridgehead atoms. The number of nitrogens with zero attached hydrogens (tertiary/aromatic N) is 1. The van der Waals surface area contributed by atoms with Gasteiger partial charge in [0.15, 0.2) is 5.78 Å². The lowest BCUT2D eigenvalue weighted by molar-refractivity contribution is -0.161.